The summed E-state index contributed by atoms with van der Waals surface area (Å²) in [6.45, 7) is 13.6. The van der Waals surface area contributed by atoms with Crippen molar-refractivity contribution in [3.8, 4) is 0 Å². The van der Waals surface area contributed by atoms with Crippen molar-refractivity contribution in [1.29, 1.82) is 0 Å². The van der Waals surface area contributed by atoms with Crippen molar-refractivity contribution in [2.24, 2.45) is 5.92 Å². The molecule has 0 bridgehead atoms. The lowest BCUT2D eigenvalue weighted by Crippen LogP contribution is -2.33. The molecule has 7 heteroatoms. The first-order valence-electron chi connectivity index (χ1n) is 9.75. The highest BCUT2D eigenvalue weighted by atomic mass is 16.5. The molecule has 0 spiro atoms. The molecule has 4 rings (SSSR count). The SMILES string of the molecule is CC(C)c1noc([C@@]23CCC[C@@H]2CN(Cc2ncnn2C(C)(C)C)C3)n1. The zero-order valence-electron chi connectivity index (χ0n) is 16.6. The molecule has 1 aliphatic heterocycles. The lowest BCUT2D eigenvalue weighted by Gasteiger charge is -2.25. The first-order chi connectivity index (χ1) is 12.3. The summed E-state index contributed by atoms with van der Waals surface area (Å²) in [6, 6.07) is 0. The van der Waals surface area contributed by atoms with Crippen molar-refractivity contribution in [1.82, 2.24) is 29.8 Å². The van der Waals surface area contributed by atoms with Crippen molar-refractivity contribution < 1.29 is 4.52 Å². The largest absolute Gasteiger partial charge is 0.339 e. The summed E-state index contributed by atoms with van der Waals surface area (Å²) in [6.07, 6.45) is 5.29. The van der Waals surface area contributed by atoms with E-state index in [4.69, 9.17) is 9.51 Å². The summed E-state index contributed by atoms with van der Waals surface area (Å²) in [7, 11) is 0. The van der Waals surface area contributed by atoms with Crippen LogP contribution in [-0.4, -0.2) is 42.9 Å². The number of rotatable bonds is 4. The van der Waals surface area contributed by atoms with Gasteiger partial charge < -0.3 is 4.52 Å². The molecular weight excluding hydrogens is 328 g/mol. The van der Waals surface area contributed by atoms with Crippen LogP contribution in [-0.2, 0) is 17.5 Å². The average molecular weight is 358 g/mol. The van der Waals surface area contributed by atoms with Crippen LogP contribution in [0.5, 0.6) is 0 Å². The van der Waals surface area contributed by atoms with Crippen molar-refractivity contribution in [2.75, 3.05) is 13.1 Å². The molecule has 1 aliphatic carbocycles. The number of hydrogen-bond acceptors (Lipinski definition) is 6. The summed E-state index contributed by atoms with van der Waals surface area (Å²) in [5, 5.41) is 8.67. The van der Waals surface area contributed by atoms with Gasteiger partial charge in [-0.3, -0.25) is 4.90 Å². The Morgan fingerprint density at radius 2 is 2.15 bits per heavy atom. The van der Waals surface area contributed by atoms with Crippen molar-refractivity contribution in [3.05, 3.63) is 23.9 Å². The Hall–Kier alpha value is -1.76. The molecule has 26 heavy (non-hydrogen) atoms. The van der Waals surface area contributed by atoms with Crippen molar-refractivity contribution >= 4 is 0 Å². The van der Waals surface area contributed by atoms with Crippen molar-refractivity contribution in [3.63, 3.8) is 0 Å². The van der Waals surface area contributed by atoms with E-state index in [0.29, 0.717) is 11.8 Å². The van der Waals surface area contributed by atoms with Gasteiger partial charge in [0.1, 0.15) is 12.2 Å². The van der Waals surface area contributed by atoms with Crippen LogP contribution >= 0.6 is 0 Å². The van der Waals surface area contributed by atoms with Crippen molar-refractivity contribution in [2.45, 2.75) is 77.3 Å². The maximum atomic E-state index is 5.76. The molecule has 0 aromatic carbocycles. The molecule has 2 aromatic heterocycles. The van der Waals surface area contributed by atoms with E-state index < -0.39 is 0 Å². The number of likely N-dealkylation sites (tertiary alicyclic amines) is 1. The Labute approximate surface area is 155 Å². The fraction of sp³-hybridized carbons (Fsp3) is 0.789. The molecule has 2 aliphatic rings. The van der Waals surface area contributed by atoms with Crippen LogP contribution in [0.25, 0.3) is 0 Å². The summed E-state index contributed by atoms with van der Waals surface area (Å²) < 4.78 is 7.79. The fourth-order valence-corrected chi connectivity index (χ4v) is 4.67. The Morgan fingerprint density at radius 3 is 2.85 bits per heavy atom. The summed E-state index contributed by atoms with van der Waals surface area (Å²) in [5.74, 6) is 3.59. The number of hydrogen-bond donors (Lipinski definition) is 0. The smallest absolute Gasteiger partial charge is 0.234 e. The van der Waals surface area contributed by atoms with E-state index >= 15 is 0 Å². The van der Waals surface area contributed by atoms with Gasteiger partial charge in [0.05, 0.1) is 17.5 Å². The first kappa shape index (κ1) is 17.6. The molecule has 1 saturated heterocycles. The summed E-state index contributed by atoms with van der Waals surface area (Å²) in [5.41, 5.74) is -0.0372. The maximum Gasteiger partial charge on any atom is 0.234 e. The van der Waals surface area contributed by atoms with Gasteiger partial charge in [-0.25, -0.2) is 9.67 Å². The van der Waals surface area contributed by atoms with Gasteiger partial charge in [0, 0.05) is 19.0 Å². The van der Waals surface area contributed by atoms with Gasteiger partial charge in [-0.1, -0.05) is 25.4 Å². The van der Waals surface area contributed by atoms with Crippen LogP contribution in [0, 0.1) is 5.92 Å². The third kappa shape index (κ3) is 2.86. The summed E-state index contributed by atoms with van der Waals surface area (Å²) in [4.78, 5) is 11.8. The van der Waals surface area contributed by atoms with E-state index in [-0.39, 0.29) is 11.0 Å². The molecule has 0 radical (unpaired) electrons. The van der Waals surface area contributed by atoms with E-state index in [1.165, 1.54) is 12.8 Å². The second-order valence-electron chi connectivity index (χ2n) is 9.29. The third-order valence-corrected chi connectivity index (χ3v) is 5.94. The molecular formula is C19H30N6O. The van der Waals surface area contributed by atoms with E-state index in [9.17, 15) is 0 Å². The lowest BCUT2D eigenvalue weighted by atomic mass is 9.80. The molecule has 7 nitrogen and oxygen atoms in total. The first-order valence-corrected chi connectivity index (χ1v) is 9.75. The Balaban J connectivity index is 1.57. The summed E-state index contributed by atoms with van der Waals surface area (Å²) >= 11 is 0. The van der Waals surface area contributed by atoms with Crippen LogP contribution in [0.4, 0.5) is 0 Å². The normalized spacial score (nSPS) is 26.8. The zero-order valence-corrected chi connectivity index (χ0v) is 16.6. The number of aromatic nitrogens is 5. The molecule has 0 amide bonds. The van der Waals surface area contributed by atoms with Crippen LogP contribution in [0.1, 0.15) is 77.3 Å². The topological polar surface area (TPSA) is 72.9 Å². The molecule has 3 heterocycles. The maximum absolute atomic E-state index is 5.76. The Morgan fingerprint density at radius 1 is 1.35 bits per heavy atom. The van der Waals surface area contributed by atoms with Crippen LogP contribution in [0.2, 0.25) is 0 Å². The monoisotopic (exact) mass is 358 g/mol. The minimum absolute atomic E-state index is 0.0206. The Kier molecular flexibility index (Phi) is 4.17. The second-order valence-corrected chi connectivity index (χ2v) is 9.29. The van der Waals surface area contributed by atoms with Gasteiger partial charge in [-0.05, 0) is 39.5 Å². The molecule has 2 fully saturated rings. The van der Waals surface area contributed by atoms with Gasteiger partial charge in [0.2, 0.25) is 5.89 Å². The van der Waals surface area contributed by atoms with Crippen LogP contribution < -0.4 is 0 Å². The highest BCUT2D eigenvalue weighted by molar-refractivity contribution is 5.18. The molecule has 0 N–H and O–H groups in total. The van der Waals surface area contributed by atoms with Gasteiger partial charge in [-0.15, -0.1) is 0 Å². The van der Waals surface area contributed by atoms with Crippen LogP contribution in [0.15, 0.2) is 10.9 Å². The van der Waals surface area contributed by atoms with E-state index in [1.807, 2.05) is 4.68 Å². The van der Waals surface area contributed by atoms with Gasteiger partial charge in [0.25, 0.3) is 0 Å². The lowest BCUT2D eigenvalue weighted by molar-refractivity contribution is 0.235. The minimum Gasteiger partial charge on any atom is -0.339 e. The minimum atomic E-state index is -0.0578. The zero-order chi connectivity index (χ0) is 18.5. The highest BCUT2D eigenvalue weighted by Gasteiger charge is 2.54. The Bertz CT molecular complexity index is 773. The molecule has 1 saturated carbocycles. The fourth-order valence-electron chi connectivity index (χ4n) is 4.67. The third-order valence-electron chi connectivity index (χ3n) is 5.94. The number of fused-ring (bicyclic) bond motifs is 1. The van der Waals surface area contributed by atoms with Crippen LogP contribution in [0.3, 0.4) is 0 Å². The van der Waals surface area contributed by atoms with E-state index in [0.717, 1.165) is 43.6 Å². The van der Waals surface area contributed by atoms with E-state index in [1.54, 1.807) is 6.33 Å². The predicted octanol–water partition coefficient (Wildman–Crippen LogP) is 3.09. The predicted molar refractivity (Wildman–Crippen MR) is 97.7 cm³/mol. The molecule has 0 unspecified atom stereocenters. The molecule has 2 aromatic rings. The molecule has 2 atom stereocenters. The van der Waals surface area contributed by atoms with Gasteiger partial charge in [-0.2, -0.15) is 10.1 Å². The average Bonchev–Trinajstić information content (AvgIpc) is 3.28. The van der Waals surface area contributed by atoms with Gasteiger partial charge >= 0.3 is 0 Å². The second kappa shape index (κ2) is 6.15. The number of nitrogens with zero attached hydrogens (tertiary/aromatic N) is 6. The standard InChI is InChI=1S/C19H30N6O/c1-13(2)16-22-17(26-23-16)19-8-6-7-14(19)9-24(11-19)10-15-20-12-21-25(15)18(3,4)5/h12-14H,6-11H2,1-5H3/t14-,19-/m1/s1. The highest BCUT2D eigenvalue weighted by Crippen LogP contribution is 2.50. The molecule has 142 valence electrons. The quantitative estimate of drug-likeness (QED) is 0.836. The van der Waals surface area contributed by atoms with E-state index in [2.05, 4.69) is 54.8 Å². The van der Waals surface area contributed by atoms with Gasteiger partial charge in [0.15, 0.2) is 5.82 Å².